The second kappa shape index (κ2) is 8.14. The van der Waals surface area contributed by atoms with Crippen LogP contribution < -0.4 is 0 Å². The number of ether oxygens (including phenoxy) is 1. The van der Waals surface area contributed by atoms with Crippen LogP contribution in [0.15, 0.2) is 67.1 Å². The van der Waals surface area contributed by atoms with Crippen LogP contribution in [0.4, 0.5) is 0 Å². The molecule has 1 unspecified atom stereocenters. The average Bonchev–Trinajstić information content (AvgIpc) is 3.42. The number of rotatable bonds is 6. The second-order valence-corrected chi connectivity index (χ2v) is 6.61. The lowest BCUT2D eigenvalue weighted by Gasteiger charge is -2.26. The van der Waals surface area contributed by atoms with Crippen LogP contribution in [0.3, 0.4) is 0 Å². The largest absolute Gasteiger partial charge is 0.376 e. The van der Waals surface area contributed by atoms with E-state index in [0.717, 1.165) is 30.8 Å². The van der Waals surface area contributed by atoms with Crippen LogP contribution in [-0.4, -0.2) is 44.8 Å². The Labute approximate surface area is 158 Å². The normalized spacial score (nSPS) is 16.4. The van der Waals surface area contributed by atoms with Crippen molar-refractivity contribution >= 4 is 5.91 Å². The summed E-state index contributed by atoms with van der Waals surface area (Å²) < 4.78 is 7.50. The molecule has 0 bridgehead atoms. The molecular formula is C21H22N4O2. The summed E-state index contributed by atoms with van der Waals surface area (Å²) in [5, 5.41) is 4.29. The third-order valence-corrected chi connectivity index (χ3v) is 4.70. The highest BCUT2D eigenvalue weighted by molar-refractivity contribution is 5.97. The first kappa shape index (κ1) is 17.4. The van der Waals surface area contributed by atoms with Crippen LogP contribution in [0.5, 0.6) is 0 Å². The summed E-state index contributed by atoms with van der Waals surface area (Å²) in [5.74, 6) is -0.0396. The van der Waals surface area contributed by atoms with E-state index in [9.17, 15) is 4.79 Å². The molecule has 0 N–H and O–H groups in total. The van der Waals surface area contributed by atoms with E-state index in [1.54, 1.807) is 17.1 Å². The molecule has 0 radical (unpaired) electrons. The van der Waals surface area contributed by atoms with E-state index >= 15 is 0 Å². The molecule has 0 saturated carbocycles. The zero-order chi connectivity index (χ0) is 18.5. The van der Waals surface area contributed by atoms with E-state index in [-0.39, 0.29) is 12.0 Å². The van der Waals surface area contributed by atoms with Crippen LogP contribution in [0.25, 0.3) is 5.69 Å². The van der Waals surface area contributed by atoms with E-state index in [1.165, 1.54) is 0 Å². The van der Waals surface area contributed by atoms with E-state index in [4.69, 9.17) is 4.74 Å². The van der Waals surface area contributed by atoms with Crippen molar-refractivity contribution < 1.29 is 9.53 Å². The highest BCUT2D eigenvalue weighted by Crippen LogP contribution is 2.20. The molecule has 1 aliphatic heterocycles. The summed E-state index contributed by atoms with van der Waals surface area (Å²) in [5.41, 5.74) is 2.25. The van der Waals surface area contributed by atoms with Crippen LogP contribution in [0, 0.1) is 0 Å². The molecule has 6 nitrogen and oxygen atoms in total. The molecule has 1 amide bonds. The molecule has 1 atom stereocenters. The maximum Gasteiger partial charge on any atom is 0.256 e. The van der Waals surface area contributed by atoms with Crippen molar-refractivity contribution in [3.63, 3.8) is 0 Å². The van der Waals surface area contributed by atoms with Gasteiger partial charge in [0.2, 0.25) is 0 Å². The Morgan fingerprint density at radius 1 is 1.15 bits per heavy atom. The van der Waals surface area contributed by atoms with Crippen LogP contribution >= 0.6 is 0 Å². The minimum Gasteiger partial charge on any atom is -0.376 e. The Bertz CT molecular complexity index is 874. The van der Waals surface area contributed by atoms with Gasteiger partial charge < -0.3 is 9.64 Å². The lowest BCUT2D eigenvalue weighted by Crippen LogP contribution is -2.37. The highest BCUT2D eigenvalue weighted by Gasteiger charge is 2.25. The Hall–Kier alpha value is -2.99. The molecule has 27 heavy (non-hydrogen) atoms. The fraction of sp³-hybridized carbons (Fsp3) is 0.286. The van der Waals surface area contributed by atoms with Crippen molar-refractivity contribution in [2.45, 2.75) is 25.5 Å². The topological polar surface area (TPSA) is 60.2 Å². The fourth-order valence-electron chi connectivity index (χ4n) is 3.38. The molecule has 2 aromatic heterocycles. The maximum atomic E-state index is 13.5. The number of carbonyl (C=O) groups excluding carboxylic acids is 1. The van der Waals surface area contributed by atoms with Crippen molar-refractivity contribution in [3.8, 4) is 5.69 Å². The molecular weight excluding hydrogens is 340 g/mol. The fourth-order valence-corrected chi connectivity index (χ4v) is 3.38. The summed E-state index contributed by atoms with van der Waals surface area (Å²) in [6, 6.07) is 15.2. The van der Waals surface area contributed by atoms with E-state index < -0.39 is 0 Å². The number of para-hydroxylation sites is 1. The average molecular weight is 362 g/mol. The highest BCUT2D eigenvalue weighted by atomic mass is 16.5. The first-order valence-electron chi connectivity index (χ1n) is 9.21. The molecule has 1 fully saturated rings. The Kier molecular flexibility index (Phi) is 5.25. The molecule has 3 aromatic rings. The lowest BCUT2D eigenvalue weighted by molar-refractivity contribution is 0.0504. The number of hydrogen-bond acceptors (Lipinski definition) is 4. The molecule has 1 saturated heterocycles. The number of nitrogens with zero attached hydrogens (tertiary/aromatic N) is 4. The predicted molar refractivity (Wildman–Crippen MR) is 102 cm³/mol. The summed E-state index contributed by atoms with van der Waals surface area (Å²) in [4.78, 5) is 19.7. The van der Waals surface area contributed by atoms with Crippen LogP contribution in [-0.2, 0) is 11.3 Å². The van der Waals surface area contributed by atoms with Crippen molar-refractivity contribution in [1.29, 1.82) is 0 Å². The maximum absolute atomic E-state index is 13.5. The predicted octanol–water partition coefficient (Wildman–Crippen LogP) is 3.09. The minimum absolute atomic E-state index is 0.0396. The van der Waals surface area contributed by atoms with Crippen LogP contribution in [0.1, 0.15) is 28.9 Å². The van der Waals surface area contributed by atoms with Crippen LogP contribution in [0.2, 0.25) is 0 Å². The number of aromatic nitrogens is 3. The third kappa shape index (κ3) is 4.06. The van der Waals surface area contributed by atoms with Gasteiger partial charge in [0.25, 0.3) is 5.91 Å². The quantitative estimate of drug-likeness (QED) is 0.676. The number of pyridine rings is 1. The van der Waals surface area contributed by atoms with Gasteiger partial charge in [-0.3, -0.25) is 9.78 Å². The molecule has 1 aromatic carbocycles. The standard InChI is InChI=1S/C21H22N4O2/c26-21(19-9-1-2-10-20(19)25-13-6-12-23-25)24(16-18-8-5-14-27-18)15-17-7-3-4-11-22-17/h1-4,6-7,9-13,18H,5,8,14-16H2. The molecule has 4 rings (SSSR count). The first-order valence-corrected chi connectivity index (χ1v) is 9.21. The van der Waals surface area contributed by atoms with Gasteiger partial charge in [0.15, 0.2) is 0 Å². The van der Waals surface area contributed by atoms with Crippen molar-refractivity contribution in [1.82, 2.24) is 19.7 Å². The molecule has 1 aliphatic rings. The van der Waals surface area contributed by atoms with Gasteiger partial charge >= 0.3 is 0 Å². The van der Waals surface area contributed by atoms with Crippen molar-refractivity contribution in [3.05, 3.63) is 78.4 Å². The minimum atomic E-state index is -0.0396. The number of carbonyl (C=O) groups is 1. The summed E-state index contributed by atoms with van der Waals surface area (Å²) in [6.07, 6.45) is 7.40. The summed E-state index contributed by atoms with van der Waals surface area (Å²) in [6.45, 7) is 1.77. The molecule has 0 spiro atoms. The van der Waals surface area contributed by atoms with Crippen molar-refractivity contribution in [2.24, 2.45) is 0 Å². The van der Waals surface area contributed by atoms with Gasteiger partial charge in [-0.25, -0.2) is 4.68 Å². The monoisotopic (exact) mass is 362 g/mol. The SMILES string of the molecule is O=C(c1ccccc1-n1cccn1)N(Cc1ccccn1)CC1CCCO1. The van der Waals surface area contributed by atoms with Gasteiger partial charge in [0.1, 0.15) is 0 Å². The third-order valence-electron chi connectivity index (χ3n) is 4.70. The smallest absolute Gasteiger partial charge is 0.256 e. The molecule has 6 heteroatoms. The number of amides is 1. The van der Waals surface area contributed by atoms with Gasteiger partial charge in [-0.05, 0) is 43.2 Å². The number of benzene rings is 1. The van der Waals surface area contributed by atoms with Crippen molar-refractivity contribution in [2.75, 3.05) is 13.2 Å². The van der Waals surface area contributed by atoms with Gasteiger partial charge in [-0.1, -0.05) is 18.2 Å². The molecule has 3 heterocycles. The molecule has 0 aliphatic carbocycles. The van der Waals surface area contributed by atoms with Gasteiger partial charge in [0.05, 0.1) is 29.6 Å². The zero-order valence-corrected chi connectivity index (χ0v) is 15.1. The number of hydrogen-bond donors (Lipinski definition) is 0. The van der Waals surface area contributed by atoms with Gasteiger partial charge in [-0.2, -0.15) is 5.10 Å². The molecule has 138 valence electrons. The Balaban J connectivity index is 1.64. The van der Waals surface area contributed by atoms with Gasteiger partial charge in [-0.15, -0.1) is 0 Å². The Morgan fingerprint density at radius 3 is 2.78 bits per heavy atom. The first-order chi connectivity index (χ1) is 13.3. The Morgan fingerprint density at radius 2 is 2.04 bits per heavy atom. The summed E-state index contributed by atoms with van der Waals surface area (Å²) >= 11 is 0. The van der Waals surface area contributed by atoms with Gasteiger partial charge in [0, 0.05) is 31.7 Å². The van der Waals surface area contributed by atoms with E-state index in [0.29, 0.717) is 18.7 Å². The second-order valence-electron chi connectivity index (χ2n) is 6.61. The lowest BCUT2D eigenvalue weighted by atomic mass is 10.1. The zero-order valence-electron chi connectivity index (χ0n) is 15.1. The van der Waals surface area contributed by atoms with E-state index in [1.807, 2.05) is 59.6 Å². The van der Waals surface area contributed by atoms with E-state index in [2.05, 4.69) is 10.1 Å². The summed E-state index contributed by atoms with van der Waals surface area (Å²) in [7, 11) is 0.